The lowest BCUT2D eigenvalue weighted by Crippen LogP contribution is -2.28. The van der Waals surface area contributed by atoms with E-state index in [9.17, 15) is 4.79 Å². The number of nitrogens with one attached hydrogen (secondary N) is 1. The van der Waals surface area contributed by atoms with E-state index in [4.69, 9.17) is 0 Å². The van der Waals surface area contributed by atoms with Gasteiger partial charge in [-0.05, 0) is 37.6 Å². The van der Waals surface area contributed by atoms with Crippen LogP contribution in [0.5, 0.6) is 0 Å². The van der Waals surface area contributed by atoms with Gasteiger partial charge in [-0.2, -0.15) is 5.10 Å². The van der Waals surface area contributed by atoms with Crippen molar-refractivity contribution in [2.24, 2.45) is 0 Å². The number of anilines is 1. The fourth-order valence-corrected chi connectivity index (χ4v) is 3.24. The molecule has 5 heteroatoms. The molecule has 0 spiro atoms. The smallest absolute Gasteiger partial charge is 0.251 e. The minimum Gasteiger partial charge on any atom is -0.378 e. The van der Waals surface area contributed by atoms with Gasteiger partial charge in [0.1, 0.15) is 0 Å². The van der Waals surface area contributed by atoms with Crippen LogP contribution in [0.25, 0.3) is 11.1 Å². The quantitative estimate of drug-likeness (QED) is 0.728. The second-order valence-corrected chi connectivity index (χ2v) is 6.84. The fourth-order valence-electron chi connectivity index (χ4n) is 3.24. The molecule has 2 aromatic carbocycles. The first-order valence-corrected chi connectivity index (χ1v) is 9.12. The molecule has 0 atom stereocenters. The molecule has 1 aromatic heterocycles. The van der Waals surface area contributed by atoms with E-state index in [0.29, 0.717) is 18.7 Å². The molecule has 0 bridgehead atoms. The van der Waals surface area contributed by atoms with Gasteiger partial charge in [0.2, 0.25) is 0 Å². The lowest BCUT2D eigenvalue weighted by molar-refractivity contribution is 0.0952. The molecule has 0 saturated heterocycles. The van der Waals surface area contributed by atoms with E-state index < -0.39 is 0 Å². The largest absolute Gasteiger partial charge is 0.378 e. The van der Waals surface area contributed by atoms with Gasteiger partial charge < -0.3 is 10.2 Å². The van der Waals surface area contributed by atoms with Crippen LogP contribution in [0.15, 0.2) is 54.6 Å². The maximum absolute atomic E-state index is 12.4. The molecule has 3 aromatic rings. The standard InChI is InChI=1S/C22H26N4O/c1-16-21(18-9-6-5-7-10-18)17(2)26(24-16)14-13-23-22(27)19-11-8-12-20(15-19)25(3)4/h5-12,15H,13-14H2,1-4H3,(H,23,27). The molecule has 140 valence electrons. The Hall–Kier alpha value is -3.08. The summed E-state index contributed by atoms with van der Waals surface area (Å²) in [6.45, 7) is 5.27. The topological polar surface area (TPSA) is 50.2 Å². The van der Waals surface area contributed by atoms with E-state index in [1.165, 1.54) is 11.1 Å². The number of aryl methyl sites for hydroxylation is 1. The van der Waals surface area contributed by atoms with Crippen LogP contribution in [0.1, 0.15) is 21.7 Å². The van der Waals surface area contributed by atoms with Crippen LogP contribution in [0.4, 0.5) is 5.69 Å². The second kappa shape index (κ2) is 8.08. The monoisotopic (exact) mass is 362 g/mol. The van der Waals surface area contributed by atoms with E-state index in [1.54, 1.807) is 0 Å². The van der Waals surface area contributed by atoms with E-state index in [-0.39, 0.29) is 5.91 Å². The van der Waals surface area contributed by atoms with Gasteiger partial charge in [-0.3, -0.25) is 9.48 Å². The molecular weight excluding hydrogens is 336 g/mol. The second-order valence-electron chi connectivity index (χ2n) is 6.84. The van der Waals surface area contributed by atoms with Crippen molar-refractivity contribution in [2.75, 3.05) is 25.5 Å². The molecule has 1 N–H and O–H groups in total. The Morgan fingerprint density at radius 2 is 1.81 bits per heavy atom. The van der Waals surface area contributed by atoms with Crippen LogP contribution >= 0.6 is 0 Å². The molecule has 0 aliphatic carbocycles. The van der Waals surface area contributed by atoms with Crippen LogP contribution in [-0.2, 0) is 6.54 Å². The van der Waals surface area contributed by atoms with E-state index in [1.807, 2.05) is 73.1 Å². The third kappa shape index (κ3) is 4.19. The van der Waals surface area contributed by atoms with Crippen molar-refractivity contribution < 1.29 is 4.79 Å². The summed E-state index contributed by atoms with van der Waals surface area (Å²) in [6.07, 6.45) is 0. The number of amides is 1. The Morgan fingerprint density at radius 3 is 2.52 bits per heavy atom. The first-order chi connectivity index (χ1) is 13.0. The average Bonchev–Trinajstić information content (AvgIpc) is 2.96. The molecule has 0 aliphatic rings. The van der Waals surface area contributed by atoms with Crippen LogP contribution in [0, 0.1) is 13.8 Å². The molecule has 0 unspecified atom stereocenters. The summed E-state index contributed by atoms with van der Waals surface area (Å²) in [7, 11) is 3.92. The van der Waals surface area contributed by atoms with E-state index in [2.05, 4.69) is 29.5 Å². The molecule has 0 aliphatic heterocycles. The highest BCUT2D eigenvalue weighted by Crippen LogP contribution is 2.26. The molecule has 0 fully saturated rings. The number of hydrogen-bond acceptors (Lipinski definition) is 3. The number of hydrogen-bond donors (Lipinski definition) is 1. The average molecular weight is 362 g/mol. The summed E-state index contributed by atoms with van der Waals surface area (Å²) < 4.78 is 1.97. The molecule has 0 saturated carbocycles. The molecule has 27 heavy (non-hydrogen) atoms. The maximum atomic E-state index is 12.4. The van der Waals surface area contributed by atoms with Crippen molar-refractivity contribution in [3.63, 3.8) is 0 Å². The molecule has 5 nitrogen and oxygen atoms in total. The van der Waals surface area contributed by atoms with Crippen molar-refractivity contribution in [1.29, 1.82) is 0 Å². The van der Waals surface area contributed by atoms with Crippen LogP contribution < -0.4 is 10.2 Å². The Labute approximate surface area is 160 Å². The maximum Gasteiger partial charge on any atom is 0.251 e. The zero-order valence-electron chi connectivity index (χ0n) is 16.4. The Bertz CT molecular complexity index is 929. The zero-order valence-corrected chi connectivity index (χ0v) is 16.4. The highest BCUT2D eigenvalue weighted by Gasteiger charge is 2.13. The third-order valence-electron chi connectivity index (χ3n) is 4.68. The minimum atomic E-state index is -0.0662. The summed E-state index contributed by atoms with van der Waals surface area (Å²) >= 11 is 0. The van der Waals surface area contributed by atoms with Gasteiger partial charge in [-0.1, -0.05) is 36.4 Å². The predicted octanol–water partition coefficient (Wildman–Crippen LogP) is 3.66. The van der Waals surface area contributed by atoms with Gasteiger partial charge in [-0.15, -0.1) is 0 Å². The third-order valence-corrected chi connectivity index (χ3v) is 4.68. The van der Waals surface area contributed by atoms with Crippen molar-refractivity contribution in [3.05, 3.63) is 71.5 Å². The van der Waals surface area contributed by atoms with Crippen molar-refractivity contribution in [2.45, 2.75) is 20.4 Å². The summed E-state index contributed by atoms with van der Waals surface area (Å²) in [5, 5.41) is 7.64. The highest BCUT2D eigenvalue weighted by atomic mass is 16.1. The lowest BCUT2D eigenvalue weighted by Gasteiger charge is -2.13. The molecular formula is C22H26N4O. The van der Waals surface area contributed by atoms with E-state index in [0.717, 1.165) is 17.1 Å². The van der Waals surface area contributed by atoms with Gasteiger partial charge in [0.15, 0.2) is 0 Å². The minimum absolute atomic E-state index is 0.0662. The van der Waals surface area contributed by atoms with Crippen LogP contribution in [0.2, 0.25) is 0 Å². The highest BCUT2D eigenvalue weighted by molar-refractivity contribution is 5.95. The normalized spacial score (nSPS) is 10.7. The van der Waals surface area contributed by atoms with Gasteiger partial charge in [0.05, 0.1) is 12.2 Å². The molecule has 3 rings (SSSR count). The first kappa shape index (κ1) is 18.7. The van der Waals surface area contributed by atoms with Gasteiger partial charge in [-0.25, -0.2) is 0 Å². The summed E-state index contributed by atoms with van der Waals surface area (Å²) in [6, 6.07) is 17.9. The van der Waals surface area contributed by atoms with E-state index >= 15 is 0 Å². The van der Waals surface area contributed by atoms with Gasteiger partial charge in [0, 0.05) is 43.1 Å². The van der Waals surface area contributed by atoms with Crippen molar-refractivity contribution >= 4 is 11.6 Å². The van der Waals surface area contributed by atoms with Crippen molar-refractivity contribution in [1.82, 2.24) is 15.1 Å². The number of benzene rings is 2. The predicted molar refractivity (Wildman–Crippen MR) is 110 cm³/mol. The summed E-state index contributed by atoms with van der Waals surface area (Å²) in [5.74, 6) is -0.0662. The van der Waals surface area contributed by atoms with Crippen LogP contribution in [0.3, 0.4) is 0 Å². The lowest BCUT2D eigenvalue weighted by atomic mass is 10.0. The SMILES string of the molecule is Cc1nn(CCNC(=O)c2cccc(N(C)C)c2)c(C)c1-c1ccccc1. The van der Waals surface area contributed by atoms with Gasteiger partial charge in [0.25, 0.3) is 5.91 Å². The Morgan fingerprint density at radius 1 is 1.07 bits per heavy atom. The Balaban J connectivity index is 1.66. The number of carbonyl (C=O) groups is 1. The summed E-state index contributed by atoms with van der Waals surface area (Å²) in [5.41, 5.74) is 6.13. The van der Waals surface area contributed by atoms with Crippen molar-refractivity contribution in [3.8, 4) is 11.1 Å². The summed E-state index contributed by atoms with van der Waals surface area (Å²) in [4.78, 5) is 14.4. The first-order valence-electron chi connectivity index (χ1n) is 9.12. The number of aromatic nitrogens is 2. The number of nitrogens with zero attached hydrogens (tertiary/aromatic N) is 3. The number of carbonyl (C=O) groups excluding carboxylic acids is 1. The fraction of sp³-hybridized carbons (Fsp3) is 0.273. The van der Waals surface area contributed by atoms with Gasteiger partial charge >= 0.3 is 0 Å². The zero-order chi connectivity index (χ0) is 19.4. The molecule has 0 radical (unpaired) electrons. The molecule has 1 amide bonds. The molecule has 1 heterocycles. The van der Waals surface area contributed by atoms with Crippen LogP contribution in [-0.4, -0.2) is 36.3 Å². The Kier molecular flexibility index (Phi) is 5.60. The number of rotatable bonds is 6.